The van der Waals surface area contributed by atoms with Gasteiger partial charge in [-0.2, -0.15) is 0 Å². The molecule has 140 valence electrons. The molecule has 7 nitrogen and oxygen atoms in total. The molecule has 0 saturated heterocycles. The van der Waals surface area contributed by atoms with E-state index in [0.717, 1.165) is 12.8 Å². The fourth-order valence-corrected chi connectivity index (χ4v) is 3.61. The highest BCUT2D eigenvalue weighted by atomic mass is 16.5. The summed E-state index contributed by atoms with van der Waals surface area (Å²) in [6.45, 7) is 0. The van der Waals surface area contributed by atoms with Crippen LogP contribution in [0.2, 0.25) is 0 Å². The molecular weight excluding hydrogens is 348 g/mol. The van der Waals surface area contributed by atoms with Gasteiger partial charge in [0.25, 0.3) is 5.91 Å². The van der Waals surface area contributed by atoms with Crippen LogP contribution in [0.1, 0.15) is 45.3 Å². The van der Waals surface area contributed by atoms with Gasteiger partial charge in [0.05, 0.1) is 31.3 Å². The van der Waals surface area contributed by atoms with Crippen molar-refractivity contribution in [3.8, 4) is 11.5 Å². The highest BCUT2D eigenvalue weighted by molar-refractivity contribution is 6.02. The number of carbonyl (C=O) groups is 2. The van der Waals surface area contributed by atoms with E-state index in [4.69, 9.17) is 9.47 Å². The molecule has 1 N–H and O–H groups in total. The number of fused-ring (bicyclic) bond motifs is 1. The molecule has 1 saturated carbocycles. The van der Waals surface area contributed by atoms with E-state index in [1.165, 1.54) is 14.2 Å². The zero-order valence-electron chi connectivity index (χ0n) is 15.0. The van der Waals surface area contributed by atoms with Gasteiger partial charge in [0.2, 0.25) is 0 Å². The van der Waals surface area contributed by atoms with E-state index in [1.54, 1.807) is 23.1 Å². The molecule has 0 radical (unpaired) electrons. The first kappa shape index (κ1) is 17.2. The first-order valence-electron chi connectivity index (χ1n) is 8.71. The maximum Gasteiger partial charge on any atom is 0.258 e. The number of methoxy groups -OCH3 is 2. The van der Waals surface area contributed by atoms with Gasteiger partial charge >= 0.3 is 0 Å². The predicted molar refractivity (Wildman–Crippen MR) is 95.9 cm³/mol. The Labute approximate surface area is 156 Å². The standard InChI is InChI=1S/C20H20N2O5/c1-26-15-10-9-13(16(20(24)25)17(15)27-2)18-21-14-6-4-3-5-12(14)19(23)22(18)11-7-8-11/h3-6,9-11,18,21H,7-8H2,1-2H3,(H,24,25)/p-1/t18-/m1/s1. The minimum Gasteiger partial charge on any atom is -0.545 e. The van der Waals surface area contributed by atoms with Crippen molar-refractivity contribution in [3.63, 3.8) is 0 Å². The normalized spacial score (nSPS) is 18.5. The van der Waals surface area contributed by atoms with E-state index in [2.05, 4.69) is 5.32 Å². The Bertz CT molecular complexity index is 923. The smallest absolute Gasteiger partial charge is 0.258 e. The largest absolute Gasteiger partial charge is 0.545 e. The van der Waals surface area contributed by atoms with Crippen molar-refractivity contribution < 1.29 is 24.2 Å². The number of nitrogens with zero attached hydrogens (tertiary/aromatic N) is 1. The molecule has 4 rings (SSSR count). The van der Waals surface area contributed by atoms with Crippen molar-refractivity contribution >= 4 is 17.6 Å². The maximum atomic E-state index is 13.1. The van der Waals surface area contributed by atoms with Crippen molar-refractivity contribution in [1.82, 2.24) is 4.90 Å². The number of carboxylic acids is 1. The molecular formula is C20H19N2O5-. The second kappa shape index (κ2) is 6.50. The van der Waals surface area contributed by atoms with Gasteiger partial charge in [-0.15, -0.1) is 0 Å². The highest BCUT2D eigenvalue weighted by Crippen LogP contribution is 2.44. The third-order valence-corrected chi connectivity index (χ3v) is 4.98. The van der Waals surface area contributed by atoms with E-state index in [0.29, 0.717) is 22.6 Å². The highest BCUT2D eigenvalue weighted by Gasteiger charge is 2.43. The molecule has 2 aromatic carbocycles. The number of aromatic carboxylic acids is 1. The Balaban J connectivity index is 1.89. The molecule has 1 aliphatic carbocycles. The summed E-state index contributed by atoms with van der Waals surface area (Å²) in [4.78, 5) is 26.8. The van der Waals surface area contributed by atoms with Gasteiger partial charge in [0.1, 0.15) is 6.17 Å². The van der Waals surface area contributed by atoms with Gasteiger partial charge in [0.15, 0.2) is 11.5 Å². The van der Waals surface area contributed by atoms with Crippen LogP contribution in [0.25, 0.3) is 0 Å². The summed E-state index contributed by atoms with van der Waals surface area (Å²) in [7, 11) is 2.81. The fraction of sp³-hybridized carbons (Fsp3) is 0.300. The number of carbonyl (C=O) groups excluding carboxylic acids is 2. The number of amides is 1. The fourth-order valence-electron chi connectivity index (χ4n) is 3.61. The third kappa shape index (κ3) is 2.75. The topological polar surface area (TPSA) is 90.9 Å². The minimum absolute atomic E-state index is 0.0751. The molecule has 1 atom stereocenters. The molecule has 1 aliphatic heterocycles. The summed E-state index contributed by atoms with van der Waals surface area (Å²) < 4.78 is 10.5. The maximum absolute atomic E-state index is 13.1. The lowest BCUT2D eigenvalue weighted by atomic mass is 9.98. The number of para-hydroxylation sites is 1. The van der Waals surface area contributed by atoms with Crippen LogP contribution in [0.4, 0.5) is 5.69 Å². The Hall–Kier alpha value is -3.22. The number of nitrogens with one attached hydrogen (secondary N) is 1. The van der Waals surface area contributed by atoms with Crippen LogP contribution >= 0.6 is 0 Å². The number of hydrogen-bond acceptors (Lipinski definition) is 6. The molecule has 0 spiro atoms. The van der Waals surface area contributed by atoms with Crippen molar-refractivity contribution in [2.45, 2.75) is 25.0 Å². The van der Waals surface area contributed by atoms with Crippen LogP contribution < -0.4 is 19.9 Å². The minimum atomic E-state index is -1.38. The SMILES string of the molecule is COc1ccc([C@@H]2Nc3ccccc3C(=O)N2C2CC2)c(C(=O)[O-])c1OC. The van der Waals surface area contributed by atoms with Gasteiger partial charge in [0, 0.05) is 17.3 Å². The molecule has 0 aromatic heterocycles. The number of carboxylic acid groups (broad SMARTS) is 1. The summed E-state index contributed by atoms with van der Waals surface area (Å²) in [6, 6.07) is 10.6. The Morgan fingerprint density at radius 2 is 1.89 bits per heavy atom. The van der Waals surface area contributed by atoms with E-state index in [9.17, 15) is 14.7 Å². The Morgan fingerprint density at radius 3 is 2.52 bits per heavy atom. The van der Waals surface area contributed by atoms with Crippen molar-refractivity contribution in [1.29, 1.82) is 0 Å². The average molecular weight is 367 g/mol. The van der Waals surface area contributed by atoms with Gasteiger partial charge in [-0.25, -0.2) is 0 Å². The monoisotopic (exact) mass is 367 g/mol. The molecule has 2 aromatic rings. The van der Waals surface area contributed by atoms with Crippen molar-refractivity contribution in [2.24, 2.45) is 0 Å². The van der Waals surface area contributed by atoms with E-state index in [1.807, 2.05) is 18.2 Å². The first-order valence-corrected chi connectivity index (χ1v) is 8.71. The van der Waals surface area contributed by atoms with Gasteiger partial charge in [-0.3, -0.25) is 4.79 Å². The lowest BCUT2D eigenvalue weighted by Gasteiger charge is -2.39. The molecule has 1 heterocycles. The Kier molecular flexibility index (Phi) is 4.14. The third-order valence-electron chi connectivity index (χ3n) is 4.98. The summed E-state index contributed by atoms with van der Waals surface area (Å²) in [5.41, 5.74) is 1.54. The average Bonchev–Trinajstić information content (AvgIpc) is 3.51. The zero-order chi connectivity index (χ0) is 19.1. The number of ether oxygens (including phenoxy) is 2. The second-order valence-electron chi connectivity index (χ2n) is 6.59. The number of rotatable bonds is 5. The van der Waals surface area contributed by atoms with Crippen LogP contribution in [-0.4, -0.2) is 37.0 Å². The molecule has 1 amide bonds. The van der Waals surface area contributed by atoms with E-state index < -0.39 is 12.1 Å². The molecule has 1 fully saturated rings. The number of benzene rings is 2. The van der Waals surface area contributed by atoms with Gasteiger partial charge < -0.3 is 29.6 Å². The molecule has 27 heavy (non-hydrogen) atoms. The number of anilines is 1. The van der Waals surface area contributed by atoms with Crippen LogP contribution in [-0.2, 0) is 0 Å². The van der Waals surface area contributed by atoms with Crippen molar-refractivity contribution in [3.05, 3.63) is 53.1 Å². The summed E-state index contributed by atoms with van der Waals surface area (Å²) in [6.07, 6.45) is 1.15. The summed E-state index contributed by atoms with van der Waals surface area (Å²) >= 11 is 0. The molecule has 2 aliphatic rings. The Morgan fingerprint density at radius 1 is 1.15 bits per heavy atom. The lowest BCUT2D eigenvalue weighted by Crippen LogP contribution is -2.45. The van der Waals surface area contributed by atoms with Crippen LogP contribution in [0.15, 0.2) is 36.4 Å². The van der Waals surface area contributed by atoms with E-state index >= 15 is 0 Å². The van der Waals surface area contributed by atoms with Crippen LogP contribution in [0.5, 0.6) is 11.5 Å². The quantitative estimate of drug-likeness (QED) is 0.867. The first-order chi connectivity index (χ1) is 13.1. The van der Waals surface area contributed by atoms with Crippen molar-refractivity contribution in [2.75, 3.05) is 19.5 Å². The lowest BCUT2D eigenvalue weighted by molar-refractivity contribution is -0.255. The molecule has 7 heteroatoms. The van der Waals surface area contributed by atoms with Crippen LogP contribution in [0, 0.1) is 0 Å². The van der Waals surface area contributed by atoms with E-state index in [-0.39, 0.29) is 23.3 Å². The molecule has 0 bridgehead atoms. The predicted octanol–water partition coefficient (Wildman–Crippen LogP) is 1.80. The summed E-state index contributed by atoms with van der Waals surface area (Å²) in [5.74, 6) is -1.12. The second-order valence-corrected chi connectivity index (χ2v) is 6.59. The van der Waals surface area contributed by atoms with Gasteiger partial charge in [-0.1, -0.05) is 18.2 Å². The number of hydrogen-bond donors (Lipinski definition) is 1. The van der Waals surface area contributed by atoms with Crippen LogP contribution in [0.3, 0.4) is 0 Å². The molecule has 0 unspecified atom stereocenters. The van der Waals surface area contributed by atoms with Gasteiger partial charge in [-0.05, 0) is 31.0 Å². The summed E-state index contributed by atoms with van der Waals surface area (Å²) in [5, 5.41) is 15.3. The zero-order valence-corrected chi connectivity index (χ0v) is 15.0.